The highest BCUT2D eigenvalue weighted by molar-refractivity contribution is 5.92. The van der Waals surface area contributed by atoms with Crippen molar-refractivity contribution in [2.24, 2.45) is 11.7 Å². The third kappa shape index (κ3) is 5.37. The smallest absolute Gasteiger partial charge is 0.244 e. The second-order valence-corrected chi connectivity index (χ2v) is 6.09. The van der Waals surface area contributed by atoms with Gasteiger partial charge in [-0.2, -0.15) is 0 Å². The van der Waals surface area contributed by atoms with E-state index in [9.17, 15) is 4.79 Å². The number of hydrogen-bond donors (Lipinski definition) is 1. The molecule has 114 valence electrons. The second kappa shape index (κ2) is 8.66. The first-order valence-corrected chi connectivity index (χ1v) is 8.31. The lowest BCUT2D eigenvalue weighted by atomic mass is 9.90. The van der Waals surface area contributed by atoms with Gasteiger partial charge in [0.15, 0.2) is 0 Å². The zero-order chi connectivity index (χ0) is 14.9. The molecule has 1 amide bonds. The SMILES string of the molecule is NC(=O)/C(=C/CCCc1ccccc1)C1CCCCCC1. The molecular weight excluding hydrogens is 258 g/mol. The summed E-state index contributed by atoms with van der Waals surface area (Å²) in [6.45, 7) is 0. The van der Waals surface area contributed by atoms with Crippen molar-refractivity contribution in [2.75, 3.05) is 0 Å². The van der Waals surface area contributed by atoms with Crippen LogP contribution in [0.4, 0.5) is 0 Å². The number of rotatable bonds is 6. The van der Waals surface area contributed by atoms with E-state index in [-0.39, 0.29) is 5.91 Å². The molecule has 1 aromatic carbocycles. The maximum Gasteiger partial charge on any atom is 0.244 e. The standard InChI is InChI=1S/C19H27NO/c20-19(21)18(17-13-6-1-2-7-14-17)15-9-8-12-16-10-4-3-5-11-16/h3-5,10-11,15,17H,1-2,6-9,12-14H2,(H2,20,21)/b18-15+. The van der Waals surface area contributed by atoms with Gasteiger partial charge in [0.25, 0.3) is 0 Å². The number of aryl methyl sites for hydroxylation is 1. The number of allylic oxidation sites excluding steroid dienone is 1. The fourth-order valence-corrected chi connectivity index (χ4v) is 3.27. The van der Waals surface area contributed by atoms with Crippen molar-refractivity contribution < 1.29 is 4.79 Å². The highest BCUT2D eigenvalue weighted by Crippen LogP contribution is 2.29. The molecule has 0 heterocycles. The van der Waals surface area contributed by atoms with E-state index >= 15 is 0 Å². The van der Waals surface area contributed by atoms with E-state index in [2.05, 4.69) is 30.3 Å². The van der Waals surface area contributed by atoms with Crippen molar-refractivity contribution in [1.29, 1.82) is 0 Å². The lowest BCUT2D eigenvalue weighted by molar-refractivity contribution is -0.115. The number of primary amides is 1. The van der Waals surface area contributed by atoms with Gasteiger partial charge in [-0.15, -0.1) is 0 Å². The Kier molecular flexibility index (Phi) is 6.52. The van der Waals surface area contributed by atoms with E-state index in [4.69, 9.17) is 5.73 Å². The Morgan fingerprint density at radius 3 is 2.38 bits per heavy atom. The molecule has 0 saturated heterocycles. The molecule has 0 aromatic heterocycles. The zero-order valence-electron chi connectivity index (χ0n) is 12.9. The summed E-state index contributed by atoms with van der Waals surface area (Å²) in [4.78, 5) is 11.7. The molecule has 2 nitrogen and oxygen atoms in total. The van der Waals surface area contributed by atoms with Gasteiger partial charge < -0.3 is 5.73 Å². The molecule has 2 heteroatoms. The van der Waals surface area contributed by atoms with Gasteiger partial charge in [0.2, 0.25) is 5.91 Å². The van der Waals surface area contributed by atoms with Crippen molar-refractivity contribution >= 4 is 5.91 Å². The highest BCUT2D eigenvalue weighted by Gasteiger charge is 2.19. The summed E-state index contributed by atoms with van der Waals surface area (Å²) >= 11 is 0. The van der Waals surface area contributed by atoms with Gasteiger partial charge in [-0.05, 0) is 43.6 Å². The molecule has 0 bridgehead atoms. The van der Waals surface area contributed by atoms with Gasteiger partial charge in [0, 0.05) is 5.57 Å². The number of benzene rings is 1. The minimum absolute atomic E-state index is 0.207. The molecular formula is C19H27NO. The predicted molar refractivity (Wildman–Crippen MR) is 87.8 cm³/mol. The average molecular weight is 285 g/mol. The summed E-state index contributed by atoms with van der Waals surface area (Å²) in [6.07, 6.45) is 12.5. The lowest BCUT2D eigenvalue weighted by Crippen LogP contribution is -2.20. The first-order chi connectivity index (χ1) is 10.3. The molecule has 0 unspecified atom stereocenters. The van der Waals surface area contributed by atoms with Crippen LogP contribution >= 0.6 is 0 Å². The van der Waals surface area contributed by atoms with Crippen LogP contribution < -0.4 is 5.73 Å². The highest BCUT2D eigenvalue weighted by atomic mass is 16.1. The van der Waals surface area contributed by atoms with E-state index in [1.165, 1.54) is 31.2 Å². The molecule has 1 saturated carbocycles. The van der Waals surface area contributed by atoms with Gasteiger partial charge in [-0.1, -0.05) is 62.1 Å². The Balaban J connectivity index is 1.87. The number of carbonyl (C=O) groups excluding carboxylic acids is 1. The number of hydrogen-bond acceptors (Lipinski definition) is 1. The van der Waals surface area contributed by atoms with Crippen LogP contribution in [0.1, 0.15) is 56.9 Å². The van der Waals surface area contributed by atoms with E-state index in [1.807, 2.05) is 6.07 Å². The molecule has 1 aromatic rings. The van der Waals surface area contributed by atoms with Crippen LogP contribution in [-0.4, -0.2) is 5.91 Å². The Hall–Kier alpha value is -1.57. The molecule has 0 spiro atoms. The van der Waals surface area contributed by atoms with Crippen LogP contribution in [0.25, 0.3) is 0 Å². The van der Waals surface area contributed by atoms with Crippen molar-refractivity contribution in [3.8, 4) is 0 Å². The molecule has 1 fully saturated rings. The molecule has 2 rings (SSSR count). The van der Waals surface area contributed by atoms with Crippen molar-refractivity contribution in [2.45, 2.75) is 57.8 Å². The largest absolute Gasteiger partial charge is 0.366 e. The van der Waals surface area contributed by atoms with E-state index in [0.717, 1.165) is 37.7 Å². The minimum Gasteiger partial charge on any atom is -0.366 e. The fourth-order valence-electron chi connectivity index (χ4n) is 3.27. The fraction of sp³-hybridized carbons (Fsp3) is 0.526. The summed E-state index contributed by atoms with van der Waals surface area (Å²) in [6, 6.07) is 10.5. The Morgan fingerprint density at radius 2 is 1.76 bits per heavy atom. The quantitative estimate of drug-likeness (QED) is 0.470. The van der Waals surface area contributed by atoms with Crippen LogP contribution in [-0.2, 0) is 11.2 Å². The summed E-state index contributed by atoms with van der Waals surface area (Å²) < 4.78 is 0. The van der Waals surface area contributed by atoms with Crippen LogP contribution in [0.15, 0.2) is 42.0 Å². The van der Waals surface area contributed by atoms with Gasteiger partial charge in [0.05, 0.1) is 0 Å². The third-order valence-corrected chi connectivity index (χ3v) is 4.46. The van der Waals surface area contributed by atoms with Crippen molar-refractivity contribution in [1.82, 2.24) is 0 Å². The lowest BCUT2D eigenvalue weighted by Gasteiger charge is -2.16. The molecule has 0 aliphatic heterocycles. The molecule has 0 atom stereocenters. The van der Waals surface area contributed by atoms with Gasteiger partial charge in [-0.25, -0.2) is 0 Å². The zero-order valence-corrected chi connectivity index (χ0v) is 12.9. The molecule has 2 N–H and O–H groups in total. The van der Waals surface area contributed by atoms with Crippen molar-refractivity contribution in [3.63, 3.8) is 0 Å². The Labute approximate surface area is 128 Å². The maximum absolute atomic E-state index is 11.7. The number of unbranched alkanes of at least 4 members (excludes halogenated alkanes) is 1. The Morgan fingerprint density at radius 1 is 1.10 bits per heavy atom. The normalized spacial score (nSPS) is 17.4. The number of amides is 1. The summed E-state index contributed by atoms with van der Waals surface area (Å²) in [5.74, 6) is 0.198. The van der Waals surface area contributed by atoms with Crippen LogP contribution in [0.2, 0.25) is 0 Å². The van der Waals surface area contributed by atoms with Gasteiger partial charge >= 0.3 is 0 Å². The summed E-state index contributed by atoms with van der Waals surface area (Å²) in [7, 11) is 0. The molecule has 21 heavy (non-hydrogen) atoms. The van der Waals surface area contributed by atoms with E-state index < -0.39 is 0 Å². The van der Waals surface area contributed by atoms with Crippen LogP contribution in [0.3, 0.4) is 0 Å². The monoisotopic (exact) mass is 285 g/mol. The van der Waals surface area contributed by atoms with Gasteiger partial charge in [0.1, 0.15) is 0 Å². The summed E-state index contributed by atoms with van der Waals surface area (Å²) in [5.41, 5.74) is 7.86. The molecule has 1 aliphatic carbocycles. The first kappa shape index (κ1) is 15.8. The number of nitrogens with two attached hydrogens (primary N) is 1. The maximum atomic E-state index is 11.7. The predicted octanol–water partition coefficient (Wildman–Crippen LogP) is 4.39. The summed E-state index contributed by atoms with van der Waals surface area (Å²) in [5, 5.41) is 0. The Bertz CT molecular complexity index is 456. The first-order valence-electron chi connectivity index (χ1n) is 8.31. The van der Waals surface area contributed by atoms with Crippen LogP contribution in [0.5, 0.6) is 0 Å². The van der Waals surface area contributed by atoms with E-state index in [0.29, 0.717) is 5.92 Å². The van der Waals surface area contributed by atoms with Crippen molar-refractivity contribution in [3.05, 3.63) is 47.5 Å². The number of carbonyl (C=O) groups is 1. The minimum atomic E-state index is -0.207. The van der Waals surface area contributed by atoms with Crippen LogP contribution in [0, 0.1) is 5.92 Å². The average Bonchev–Trinajstić information content (AvgIpc) is 2.77. The van der Waals surface area contributed by atoms with E-state index in [1.54, 1.807) is 0 Å². The van der Waals surface area contributed by atoms with Gasteiger partial charge in [-0.3, -0.25) is 4.79 Å². The topological polar surface area (TPSA) is 43.1 Å². The molecule has 1 aliphatic rings. The molecule has 0 radical (unpaired) electrons. The second-order valence-electron chi connectivity index (χ2n) is 6.09. The third-order valence-electron chi connectivity index (χ3n) is 4.46.